The number of nitrogens with two attached hydrogens (primary N) is 4. The molecular formula is C19H40Fe6N7O12S11-4. The van der Waals surface area contributed by atoms with Crippen LogP contribution in [0.1, 0.15) is 0 Å². The molecule has 0 saturated heterocycles. The van der Waals surface area contributed by atoms with E-state index in [1.54, 1.807) is 0 Å². The van der Waals surface area contributed by atoms with Gasteiger partial charge in [-0.15, -0.1) is 11.8 Å². The zero-order valence-electron chi connectivity index (χ0n) is 26.9. The van der Waals surface area contributed by atoms with E-state index in [0.717, 1.165) is 0 Å². The third-order valence-corrected chi connectivity index (χ3v) is 4.24. The summed E-state index contributed by atoms with van der Waals surface area (Å²) in [7, 11) is 0. The van der Waals surface area contributed by atoms with Crippen molar-refractivity contribution in [2.24, 2.45) is 22.9 Å². The number of rotatable bonds is 10. The maximum atomic E-state index is 9.76. The fraction of sp³-hybridized carbons (Fsp3) is 0.526. The van der Waals surface area contributed by atoms with Gasteiger partial charge in [-0.2, -0.15) is 50.5 Å². The minimum atomic E-state index is -1.00. The molecule has 0 aliphatic carbocycles. The molecule has 36 heteroatoms. The summed E-state index contributed by atoms with van der Waals surface area (Å²) in [4.78, 5) is 39.0. The van der Waals surface area contributed by atoms with Gasteiger partial charge in [0, 0.05) is 91.3 Å². The van der Waals surface area contributed by atoms with E-state index < -0.39 is 48.0 Å². The number of nitrogens with one attached hydrogen (secondary N) is 1. The Morgan fingerprint density at radius 3 is 0.618 bits per heavy atom. The summed E-state index contributed by atoms with van der Waals surface area (Å²) in [5.41, 5.74) is 19.8. The van der Waals surface area contributed by atoms with E-state index in [9.17, 15) is 19.2 Å². The monoisotopic (exact) mass is 1250 g/mol. The second-order valence-electron chi connectivity index (χ2n) is 5.05. The Morgan fingerprint density at radius 2 is 0.618 bits per heavy atom. The largest absolute Gasteiger partial charge is 3.00 e. The SMILES string of the molecule is N[C@@H](CS)C(=O)O.N[C@@H](CS)C(=O)O.N[C@@H](CS)C(=O)O.N[C@@H](CS)C(=O)O.O.[C-]#N.[C-]#N.[C-]#[O+].[C-]#[O+].[C-]#[O+].[Fe+2].[Fe+3].[Fe].[Fe].[Fe].[Fe].[S-]CNC[S-].[SH-].[SH-].[SH-].[SH-].[SH-]. The number of hydrogen-bond donors (Lipinski definition) is 13. The van der Waals surface area contributed by atoms with Crippen molar-refractivity contribution in [3.63, 3.8) is 0 Å². The van der Waals surface area contributed by atoms with Crippen molar-refractivity contribution in [1.82, 2.24) is 5.32 Å². The van der Waals surface area contributed by atoms with E-state index in [4.69, 9.17) is 81.0 Å². The van der Waals surface area contributed by atoms with E-state index >= 15 is 0 Å². The summed E-state index contributed by atoms with van der Waals surface area (Å²) in [6.07, 6.45) is 0. The van der Waals surface area contributed by atoms with Gasteiger partial charge in [0.25, 0.3) is 0 Å². The first kappa shape index (κ1) is 145. The van der Waals surface area contributed by atoms with Gasteiger partial charge in [-0.05, 0) is 0 Å². The van der Waals surface area contributed by atoms with Gasteiger partial charge in [-0.1, -0.05) is 0 Å². The third-order valence-electron chi connectivity index (χ3n) is 2.26. The van der Waals surface area contributed by atoms with Crippen LogP contribution in [0, 0.1) is 43.6 Å². The summed E-state index contributed by atoms with van der Waals surface area (Å²) in [6.45, 7) is 23.0. The molecule has 0 bridgehead atoms. The van der Waals surface area contributed by atoms with Gasteiger partial charge in [0.1, 0.15) is 24.2 Å². The number of nitrogens with zero attached hydrogens (tertiary/aromatic N) is 2. The Bertz CT molecular complexity index is 644. The molecular weight excluding hydrogens is 1210 g/mol. The summed E-state index contributed by atoms with van der Waals surface area (Å²) in [5, 5.41) is 47.3. The van der Waals surface area contributed by atoms with Crippen molar-refractivity contribution in [2.75, 3.05) is 34.8 Å². The van der Waals surface area contributed by atoms with E-state index in [0.29, 0.717) is 11.8 Å². The number of thiol groups is 9. The molecule has 0 saturated carbocycles. The normalized spacial score (nSPS) is 7.78. The van der Waals surface area contributed by atoms with Crippen molar-refractivity contribution >= 4 is 167 Å². The van der Waals surface area contributed by atoms with Gasteiger partial charge in [0.15, 0.2) is 0 Å². The molecule has 4 atom stereocenters. The van der Waals surface area contributed by atoms with Crippen LogP contribution < -0.4 is 28.3 Å². The molecule has 1 radical (unpaired) electrons. The molecule has 0 rings (SSSR count). The van der Waals surface area contributed by atoms with Crippen molar-refractivity contribution < 1.29 is 161 Å². The molecule has 0 aromatic heterocycles. The van der Waals surface area contributed by atoms with Crippen LogP contribution >= 0.6 is 50.5 Å². The van der Waals surface area contributed by atoms with Crippen LogP contribution in [0.15, 0.2) is 0 Å². The average molecular weight is 1250 g/mol. The molecule has 0 fully saturated rings. The first-order valence-corrected chi connectivity index (χ1v) is 13.1. The second-order valence-corrected chi connectivity index (χ2v) is 7.09. The summed E-state index contributed by atoms with van der Waals surface area (Å²) in [6, 6.07) is -3.27. The number of carboxylic acids is 4. The van der Waals surface area contributed by atoms with E-state index in [2.05, 4.69) is 101 Å². The molecule has 0 spiro atoms. The summed E-state index contributed by atoms with van der Waals surface area (Å²) >= 11 is 23.5. The van der Waals surface area contributed by atoms with Gasteiger partial charge in [-0.3, -0.25) is 19.2 Å². The van der Waals surface area contributed by atoms with Crippen LogP contribution in [0.5, 0.6) is 0 Å². The fourth-order valence-corrected chi connectivity index (χ4v) is 1.31. The number of hydrogen-bond acceptors (Lipinski definition) is 22. The van der Waals surface area contributed by atoms with Gasteiger partial charge >= 0.3 is 91.9 Å². The minimum absolute atomic E-state index is 0. The molecule has 0 unspecified atom stereocenters. The molecule has 0 aliphatic rings. The maximum absolute atomic E-state index is 9.76. The number of carbonyl (C=O) groups is 4. The first-order valence-electron chi connectivity index (χ1n) is 9.44. The molecule has 0 amide bonds. The van der Waals surface area contributed by atoms with E-state index in [-0.39, 0.29) is 198 Å². The molecule has 19 nitrogen and oxygen atoms in total. The van der Waals surface area contributed by atoms with Gasteiger partial charge in [0.05, 0.1) is 0 Å². The van der Waals surface area contributed by atoms with Crippen molar-refractivity contribution in [1.29, 1.82) is 10.5 Å². The van der Waals surface area contributed by atoms with Gasteiger partial charge < -0.3 is 171 Å². The quantitative estimate of drug-likeness (QED) is 0.0320. The fourth-order valence-electron chi connectivity index (χ4n) is 0.354. The number of aliphatic carboxylic acids is 4. The smallest absolute Gasteiger partial charge is 0.813 e. The zero-order valence-corrected chi connectivity index (χ0v) is 43.2. The average Bonchev–Trinajstić information content (AvgIpc) is 3.05. The number of carboxylic acid groups (broad SMARTS) is 4. The predicted octanol–water partition coefficient (Wildman–Crippen LogP) is -5.21. The van der Waals surface area contributed by atoms with Gasteiger partial charge in [-0.25, -0.2) is 0 Å². The Labute approximate surface area is 453 Å². The van der Waals surface area contributed by atoms with Crippen molar-refractivity contribution in [3.05, 3.63) is 33.1 Å². The summed E-state index contributed by atoms with van der Waals surface area (Å²) in [5.74, 6) is -2.11. The molecule has 0 heterocycles. The Morgan fingerprint density at radius 1 is 0.527 bits per heavy atom. The van der Waals surface area contributed by atoms with Crippen LogP contribution in [0.3, 0.4) is 0 Å². The first-order chi connectivity index (χ1) is 20.1. The van der Waals surface area contributed by atoms with Crippen LogP contribution in [-0.4, -0.2) is 109 Å². The molecule has 0 aromatic rings. The third kappa shape index (κ3) is 206. The second kappa shape index (κ2) is 155. The van der Waals surface area contributed by atoms with Crippen LogP contribution in [0.25, 0.3) is 0 Å². The zero-order chi connectivity index (χ0) is 37.6. The Hall–Kier alpha value is 2.81. The molecule has 341 valence electrons. The Balaban J connectivity index is -0.0000000111. The minimum Gasteiger partial charge on any atom is -0.813 e. The van der Waals surface area contributed by atoms with E-state index in [1.165, 1.54) is 0 Å². The summed E-state index contributed by atoms with van der Waals surface area (Å²) < 4.78 is 22.5. The molecule has 0 aromatic carbocycles. The Kier molecular flexibility index (Phi) is 409. The molecule has 55 heavy (non-hydrogen) atoms. The predicted molar refractivity (Wildman–Crippen MR) is 215 cm³/mol. The van der Waals surface area contributed by atoms with Crippen LogP contribution in [0.4, 0.5) is 0 Å². The maximum Gasteiger partial charge on any atom is 3.00 e. The van der Waals surface area contributed by atoms with Crippen molar-refractivity contribution in [2.45, 2.75) is 24.2 Å². The van der Waals surface area contributed by atoms with Crippen LogP contribution in [0.2, 0.25) is 0 Å². The van der Waals surface area contributed by atoms with E-state index in [1.807, 2.05) is 0 Å². The van der Waals surface area contributed by atoms with Crippen LogP contribution in [-0.2, 0) is 228 Å². The molecule has 15 N–H and O–H groups in total. The standard InChI is InChI=1S/4C3H7NO2S.C2H7NS2.2CN.3CO.6Fe.H2O.5H2S/c4*4-2(1-7)3(5)6;4-1-3-2-5;5*1-2;;;;;;;;;;;;/h4*2,7H,1,4H2,(H,5,6);3-5H,1-2H2;;;;;;;;;;;;6*1H2/q;;;;;2*-1;;;;;;;;+2;+3;;;;;;/p-7/t4*2-;;;;;;;;;;;;;;;;;;/m0000................../s1. The van der Waals surface area contributed by atoms with Gasteiger partial charge in [0.2, 0.25) is 0 Å². The van der Waals surface area contributed by atoms with Crippen molar-refractivity contribution in [3.8, 4) is 0 Å². The molecule has 0 aliphatic heterocycles. The topological polar surface area (TPSA) is 404 Å².